The number of ether oxygens (including phenoxy) is 1. The van der Waals surface area contributed by atoms with Gasteiger partial charge in [-0.05, 0) is 57.5 Å². The molecule has 2 fully saturated rings. The number of hydrogen-bond acceptors (Lipinski definition) is 4. The Kier molecular flexibility index (Phi) is 9.91. The van der Waals surface area contributed by atoms with Crippen molar-refractivity contribution in [3.05, 3.63) is 0 Å². The summed E-state index contributed by atoms with van der Waals surface area (Å²) in [5.74, 6) is 2.40. The lowest BCUT2D eigenvalue weighted by Crippen LogP contribution is -2.46. The second-order valence-electron chi connectivity index (χ2n) is 7.78. The first-order chi connectivity index (χ1) is 13.2. The number of piperidine rings is 2. The normalized spacial score (nSPS) is 20.7. The predicted octanol–water partition coefficient (Wildman–Crippen LogP) is 1.16. The molecule has 27 heavy (non-hydrogen) atoms. The molecule has 2 heterocycles. The monoisotopic (exact) mass is 381 g/mol. The minimum absolute atomic E-state index is 0.158. The Bertz CT molecular complexity index is 455. The molecule has 156 valence electrons. The van der Waals surface area contributed by atoms with Crippen LogP contribution in [-0.2, 0) is 9.53 Å². The minimum Gasteiger partial charge on any atom is -0.383 e. The first-order valence-electron chi connectivity index (χ1n) is 10.6. The fraction of sp³-hybridized carbons (Fsp3) is 0.900. The van der Waals surface area contributed by atoms with Crippen LogP contribution in [0.2, 0.25) is 0 Å². The van der Waals surface area contributed by atoms with Gasteiger partial charge in [0.15, 0.2) is 5.96 Å². The van der Waals surface area contributed by atoms with E-state index in [1.54, 1.807) is 14.2 Å². The van der Waals surface area contributed by atoms with Gasteiger partial charge in [-0.1, -0.05) is 0 Å². The number of amides is 1. The van der Waals surface area contributed by atoms with Crippen LogP contribution >= 0.6 is 0 Å². The van der Waals surface area contributed by atoms with Crippen molar-refractivity contribution in [3.8, 4) is 0 Å². The lowest BCUT2D eigenvalue weighted by molar-refractivity contribution is -0.121. The molecule has 2 aliphatic heterocycles. The SMILES string of the molecule is CCNC(=NCC1CCN(CCOC)CC1)N1CCC(CC(=O)NC)CC1. The molecule has 0 aromatic rings. The van der Waals surface area contributed by atoms with E-state index in [9.17, 15) is 4.79 Å². The Labute approximate surface area is 164 Å². The fourth-order valence-corrected chi connectivity index (χ4v) is 3.97. The highest BCUT2D eigenvalue weighted by Gasteiger charge is 2.24. The van der Waals surface area contributed by atoms with E-state index in [2.05, 4.69) is 27.4 Å². The van der Waals surface area contributed by atoms with Crippen molar-refractivity contribution in [1.29, 1.82) is 0 Å². The number of nitrogens with zero attached hydrogens (tertiary/aromatic N) is 3. The lowest BCUT2D eigenvalue weighted by Gasteiger charge is -2.35. The second-order valence-corrected chi connectivity index (χ2v) is 7.78. The fourth-order valence-electron chi connectivity index (χ4n) is 3.97. The molecule has 0 atom stereocenters. The van der Waals surface area contributed by atoms with Crippen molar-refractivity contribution in [2.75, 3.05) is 66.6 Å². The van der Waals surface area contributed by atoms with E-state index in [0.29, 0.717) is 18.3 Å². The van der Waals surface area contributed by atoms with Crippen LogP contribution in [0.1, 0.15) is 39.0 Å². The van der Waals surface area contributed by atoms with E-state index >= 15 is 0 Å². The van der Waals surface area contributed by atoms with Gasteiger partial charge >= 0.3 is 0 Å². The van der Waals surface area contributed by atoms with Gasteiger partial charge in [-0.15, -0.1) is 0 Å². The summed E-state index contributed by atoms with van der Waals surface area (Å²) in [6, 6.07) is 0. The average molecular weight is 382 g/mol. The molecule has 0 bridgehead atoms. The Morgan fingerprint density at radius 1 is 1.11 bits per heavy atom. The summed E-state index contributed by atoms with van der Waals surface area (Å²) in [6.07, 6.45) is 5.23. The summed E-state index contributed by atoms with van der Waals surface area (Å²) in [4.78, 5) is 21.4. The summed E-state index contributed by atoms with van der Waals surface area (Å²) in [5, 5.41) is 6.20. The van der Waals surface area contributed by atoms with Crippen molar-refractivity contribution in [3.63, 3.8) is 0 Å². The summed E-state index contributed by atoms with van der Waals surface area (Å²) in [5.41, 5.74) is 0. The number of carbonyl (C=O) groups excluding carboxylic acids is 1. The lowest BCUT2D eigenvalue weighted by atomic mass is 9.93. The number of aliphatic imine (C=N–C) groups is 1. The zero-order valence-corrected chi connectivity index (χ0v) is 17.5. The first-order valence-corrected chi connectivity index (χ1v) is 10.6. The molecule has 1 amide bonds. The molecule has 2 rings (SSSR count). The van der Waals surface area contributed by atoms with Gasteiger partial charge in [0.2, 0.25) is 5.91 Å². The summed E-state index contributed by atoms with van der Waals surface area (Å²) in [6.45, 7) is 10.1. The number of nitrogens with one attached hydrogen (secondary N) is 2. The highest BCUT2D eigenvalue weighted by molar-refractivity contribution is 5.80. The maximum Gasteiger partial charge on any atom is 0.220 e. The van der Waals surface area contributed by atoms with Crippen LogP contribution in [0.15, 0.2) is 4.99 Å². The zero-order chi connectivity index (χ0) is 19.5. The zero-order valence-electron chi connectivity index (χ0n) is 17.5. The quantitative estimate of drug-likeness (QED) is 0.488. The molecule has 0 aliphatic carbocycles. The highest BCUT2D eigenvalue weighted by Crippen LogP contribution is 2.21. The number of hydrogen-bond donors (Lipinski definition) is 2. The van der Waals surface area contributed by atoms with E-state index in [1.165, 1.54) is 12.8 Å². The molecule has 2 aliphatic rings. The number of guanidine groups is 1. The van der Waals surface area contributed by atoms with Gasteiger partial charge < -0.3 is 25.2 Å². The smallest absolute Gasteiger partial charge is 0.220 e. The molecule has 2 N–H and O–H groups in total. The van der Waals surface area contributed by atoms with E-state index in [0.717, 1.165) is 71.2 Å². The van der Waals surface area contributed by atoms with Crippen LogP contribution in [0.3, 0.4) is 0 Å². The summed E-state index contributed by atoms with van der Waals surface area (Å²) in [7, 11) is 3.49. The van der Waals surface area contributed by atoms with Crippen LogP contribution in [0, 0.1) is 11.8 Å². The molecule has 0 saturated carbocycles. The molecule has 7 heteroatoms. The Balaban J connectivity index is 1.77. The highest BCUT2D eigenvalue weighted by atomic mass is 16.5. The van der Waals surface area contributed by atoms with E-state index in [1.807, 2.05) is 0 Å². The van der Waals surface area contributed by atoms with Crippen LogP contribution in [0.4, 0.5) is 0 Å². The number of methoxy groups -OCH3 is 1. The van der Waals surface area contributed by atoms with Crippen LogP contribution < -0.4 is 10.6 Å². The molecule has 0 unspecified atom stereocenters. The molecular weight excluding hydrogens is 342 g/mol. The molecule has 7 nitrogen and oxygen atoms in total. The van der Waals surface area contributed by atoms with Gasteiger partial charge in [-0.3, -0.25) is 9.79 Å². The second kappa shape index (κ2) is 12.2. The Morgan fingerprint density at radius 2 is 1.78 bits per heavy atom. The maximum absolute atomic E-state index is 11.6. The number of likely N-dealkylation sites (tertiary alicyclic amines) is 2. The van der Waals surface area contributed by atoms with Crippen molar-refractivity contribution in [1.82, 2.24) is 20.4 Å². The summed E-state index contributed by atoms with van der Waals surface area (Å²) >= 11 is 0. The average Bonchev–Trinajstić information content (AvgIpc) is 2.71. The third-order valence-corrected chi connectivity index (χ3v) is 5.82. The number of carbonyl (C=O) groups is 1. The largest absolute Gasteiger partial charge is 0.383 e. The molecular formula is C20H39N5O2. The van der Waals surface area contributed by atoms with Crippen molar-refractivity contribution in [2.24, 2.45) is 16.8 Å². The van der Waals surface area contributed by atoms with E-state index < -0.39 is 0 Å². The predicted molar refractivity (Wildman–Crippen MR) is 110 cm³/mol. The van der Waals surface area contributed by atoms with Gasteiger partial charge in [0.05, 0.1) is 6.61 Å². The third kappa shape index (κ3) is 7.66. The van der Waals surface area contributed by atoms with Crippen molar-refractivity contribution in [2.45, 2.75) is 39.0 Å². The van der Waals surface area contributed by atoms with Crippen LogP contribution in [0.25, 0.3) is 0 Å². The van der Waals surface area contributed by atoms with E-state index in [-0.39, 0.29) is 5.91 Å². The number of rotatable bonds is 8. The standard InChI is InChI=1S/C20H39N5O2/c1-4-22-20(25-11-7-17(8-12-25)15-19(26)21-2)23-16-18-5-9-24(10-6-18)13-14-27-3/h17-18H,4-16H2,1-3H3,(H,21,26)(H,22,23). The van der Waals surface area contributed by atoms with Crippen molar-refractivity contribution >= 4 is 11.9 Å². The topological polar surface area (TPSA) is 69.2 Å². The Hall–Kier alpha value is -1.34. The molecule has 0 aromatic heterocycles. The van der Waals surface area contributed by atoms with Gasteiger partial charge in [-0.25, -0.2) is 0 Å². The maximum atomic E-state index is 11.6. The Morgan fingerprint density at radius 3 is 2.37 bits per heavy atom. The molecule has 0 spiro atoms. The van der Waals surface area contributed by atoms with Gasteiger partial charge in [0, 0.05) is 53.3 Å². The molecule has 2 saturated heterocycles. The summed E-state index contributed by atoms with van der Waals surface area (Å²) < 4.78 is 5.18. The first kappa shape index (κ1) is 22.0. The van der Waals surface area contributed by atoms with Crippen LogP contribution in [0.5, 0.6) is 0 Å². The molecule has 0 aromatic carbocycles. The third-order valence-electron chi connectivity index (χ3n) is 5.82. The van der Waals surface area contributed by atoms with Gasteiger partial charge in [-0.2, -0.15) is 0 Å². The van der Waals surface area contributed by atoms with Crippen LogP contribution in [-0.4, -0.2) is 88.2 Å². The van der Waals surface area contributed by atoms with Gasteiger partial charge in [0.25, 0.3) is 0 Å². The van der Waals surface area contributed by atoms with Gasteiger partial charge in [0.1, 0.15) is 0 Å². The van der Waals surface area contributed by atoms with E-state index in [4.69, 9.17) is 9.73 Å². The molecule has 0 radical (unpaired) electrons. The minimum atomic E-state index is 0.158. The van der Waals surface area contributed by atoms with Crippen molar-refractivity contribution < 1.29 is 9.53 Å².